The number of carbonyl (C=O) groups is 1. The molecule has 1 aromatic carbocycles. The maximum atomic E-state index is 12.2. The minimum Gasteiger partial charge on any atom is -0.465 e. The molecular formula is C28H27N5O2S. The number of thiocarbonyl (C=S) groups is 1. The summed E-state index contributed by atoms with van der Waals surface area (Å²) in [5, 5.41) is 4.18. The molecule has 1 fully saturated rings. The van der Waals surface area contributed by atoms with Gasteiger partial charge in [0.1, 0.15) is 0 Å². The van der Waals surface area contributed by atoms with E-state index in [9.17, 15) is 4.79 Å². The number of carbonyl (C=O) groups excluding carboxylic acids is 1. The van der Waals surface area contributed by atoms with Crippen molar-refractivity contribution >= 4 is 23.3 Å². The summed E-state index contributed by atoms with van der Waals surface area (Å²) in [6.45, 7) is 4.74. The zero-order valence-electron chi connectivity index (χ0n) is 20.4. The van der Waals surface area contributed by atoms with Crippen LogP contribution >= 0.6 is 12.2 Å². The van der Waals surface area contributed by atoms with Gasteiger partial charge in [-0.2, -0.15) is 0 Å². The summed E-state index contributed by atoms with van der Waals surface area (Å²) in [5.74, 6) is -0.360. The molecule has 0 spiro atoms. The Morgan fingerprint density at radius 1 is 1.03 bits per heavy atom. The molecule has 5 rings (SSSR count). The summed E-state index contributed by atoms with van der Waals surface area (Å²) < 4.78 is 7.09. The summed E-state index contributed by atoms with van der Waals surface area (Å²) in [4.78, 5) is 23.5. The minimum absolute atomic E-state index is 0.0989. The van der Waals surface area contributed by atoms with Crippen molar-refractivity contribution in [1.82, 2.24) is 24.8 Å². The lowest BCUT2D eigenvalue weighted by molar-refractivity contribution is 0.0600. The monoisotopic (exact) mass is 497 g/mol. The van der Waals surface area contributed by atoms with E-state index in [0.717, 1.165) is 34.0 Å². The molecule has 7 nitrogen and oxygen atoms in total. The van der Waals surface area contributed by atoms with Crippen molar-refractivity contribution in [3.8, 4) is 5.69 Å². The summed E-state index contributed by atoms with van der Waals surface area (Å²) in [7, 11) is 1.39. The number of hydrogen-bond donors (Lipinski definition) is 1. The molecule has 1 N–H and O–H groups in total. The number of methoxy groups -OCH3 is 1. The smallest absolute Gasteiger partial charge is 0.337 e. The SMILES string of the molecule is COC(=O)c1cccc(-n2c(C)cc([C@@H]3[C@H](c4ccccn4)NC(=S)N3Cc3ccccn3)c2C)c1. The van der Waals surface area contributed by atoms with Crippen molar-refractivity contribution in [1.29, 1.82) is 0 Å². The van der Waals surface area contributed by atoms with Crippen molar-refractivity contribution in [2.45, 2.75) is 32.5 Å². The fourth-order valence-electron chi connectivity index (χ4n) is 4.95. The van der Waals surface area contributed by atoms with E-state index >= 15 is 0 Å². The first-order valence-electron chi connectivity index (χ1n) is 11.7. The number of ether oxygens (including phenoxy) is 1. The standard InChI is InChI=1S/C28H27N5O2S/c1-18-15-23(19(2)33(18)22-11-8-9-20(16-22)27(34)35-3)26-25(24-12-5-7-14-30-24)31-28(36)32(26)17-21-10-4-6-13-29-21/h4-16,25-26H,17H2,1-3H3,(H,31,36)/t25-,26+/m0/s1. The maximum absolute atomic E-state index is 12.2. The number of aromatic nitrogens is 3. The lowest BCUT2D eigenvalue weighted by Crippen LogP contribution is -2.29. The van der Waals surface area contributed by atoms with Crippen LogP contribution in [0.25, 0.3) is 5.69 Å². The molecule has 4 heterocycles. The highest BCUT2D eigenvalue weighted by molar-refractivity contribution is 7.80. The number of hydrogen-bond acceptors (Lipinski definition) is 5. The number of benzene rings is 1. The molecule has 1 aliphatic heterocycles. The molecule has 3 aromatic heterocycles. The Kier molecular flexibility index (Phi) is 6.52. The van der Waals surface area contributed by atoms with Gasteiger partial charge in [-0.1, -0.05) is 18.2 Å². The van der Waals surface area contributed by atoms with Crippen LogP contribution in [0.15, 0.2) is 79.1 Å². The second kappa shape index (κ2) is 9.91. The van der Waals surface area contributed by atoms with Crippen molar-refractivity contribution in [2.24, 2.45) is 0 Å². The highest BCUT2D eigenvalue weighted by atomic mass is 32.1. The van der Waals surface area contributed by atoms with E-state index in [1.807, 2.05) is 54.6 Å². The lowest BCUT2D eigenvalue weighted by Gasteiger charge is -2.28. The quantitative estimate of drug-likeness (QED) is 0.302. The number of nitrogens with zero attached hydrogens (tertiary/aromatic N) is 4. The maximum Gasteiger partial charge on any atom is 0.337 e. The summed E-state index contributed by atoms with van der Waals surface area (Å²) in [6.07, 6.45) is 3.60. The van der Waals surface area contributed by atoms with Gasteiger partial charge in [0.05, 0.1) is 42.7 Å². The fraction of sp³-hybridized carbons (Fsp3) is 0.214. The Morgan fingerprint density at radius 2 is 1.81 bits per heavy atom. The van der Waals surface area contributed by atoms with Gasteiger partial charge in [0.2, 0.25) is 0 Å². The first kappa shape index (κ1) is 23.7. The molecule has 1 saturated heterocycles. The third-order valence-corrected chi connectivity index (χ3v) is 6.92. The fourth-order valence-corrected chi connectivity index (χ4v) is 5.26. The molecule has 0 unspecified atom stereocenters. The highest BCUT2D eigenvalue weighted by Crippen LogP contribution is 2.42. The predicted octanol–water partition coefficient (Wildman–Crippen LogP) is 4.84. The Bertz CT molecular complexity index is 1400. The van der Waals surface area contributed by atoms with Crippen LogP contribution in [0.5, 0.6) is 0 Å². The van der Waals surface area contributed by atoms with Crippen LogP contribution in [-0.4, -0.2) is 37.6 Å². The van der Waals surface area contributed by atoms with Gasteiger partial charge in [-0.25, -0.2) is 4.79 Å². The molecular weight excluding hydrogens is 470 g/mol. The van der Waals surface area contributed by atoms with Gasteiger partial charge >= 0.3 is 5.97 Å². The van der Waals surface area contributed by atoms with Gasteiger partial charge in [-0.15, -0.1) is 0 Å². The van der Waals surface area contributed by atoms with Crippen LogP contribution in [0.2, 0.25) is 0 Å². The average Bonchev–Trinajstić information content (AvgIpc) is 3.39. The van der Waals surface area contributed by atoms with Crippen LogP contribution < -0.4 is 5.32 Å². The second-order valence-electron chi connectivity index (χ2n) is 8.78. The molecule has 0 aliphatic carbocycles. The molecule has 36 heavy (non-hydrogen) atoms. The van der Waals surface area contributed by atoms with Gasteiger partial charge in [0, 0.05) is 29.5 Å². The number of esters is 1. The third-order valence-electron chi connectivity index (χ3n) is 6.57. The summed E-state index contributed by atoms with van der Waals surface area (Å²) in [6, 6.07) is 21.3. The molecule has 2 atom stereocenters. The Hall–Kier alpha value is -4.04. The second-order valence-corrected chi connectivity index (χ2v) is 9.17. The van der Waals surface area contributed by atoms with E-state index in [1.54, 1.807) is 18.5 Å². The van der Waals surface area contributed by atoms with Crippen LogP contribution in [0, 0.1) is 13.8 Å². The van der Waals surface area contributed by atoms with E-state index in [0.29, 0.717) is 17.2 Å². The van der Waals surface area contributed by atoms with Gasteiger partial charge in [0.15, 0.2) is 5.11 Å². The third kappa shape index (κ3) is 4.35. The zero-order chi connectivity index (χ0) is 25.2. The van der Waals surface area contributed by atoms with E-state index < -0.39 is 0 Å². The van der Waals surface area contributed by atoms with E-state index in [-0.39, 0.29) is 18.1 Å². The molecule has 0 radical (unpaired) electrons. The number of aryl methyl sites for hydroxylation is 1. The van der Waals surface area contributed by atoms with Crippen molar-refractivity contribution < 1.29 is 9.53 Å². The molecule has 0 saturated carbocycles. The van der Waals surface area contributed by atoms with Crippen LogP contribution in [-0.2, 0) is 11.3 Å². The lowest BCUT2D eigenvalue weighted by atomic mass is 9.96. The van der Waals surface area contributed by atoms with E-state index in [4.69, 9.17) is 17.0 Å². The molecule has 182 valence electrons. The van der Waals surface area contributed by atoms with Crippen molar-refractivity contribution in [3.05, 3.63) is 113 Å². The molecule has 1 aliphatic rings. The van der Waals surface area contributed by atoms with Gasteiger partial charge in [-0.3, -0.25) is 9.97 Å². The van der Waals surface area contributed by atoms with E-state index in [2.05, 4.69) is 44.7 Å². The predicted molar refractivity (Wildman–Crippen MR) is 142 cm³/mol. The number of pyridine rings is 2. The topological polar surface area (TPSA) is 72.3 Å². The Morgan fingerprint density at radius 3 is 2.50 bits per heavy atom. The Labute approximate surface area is 215 Å². The molecule has 4 aromatic rings. The number of nitrogens with one attached hydrogen (secondary N) is 1. The van der Waals surface area contributed by atoms with Gasteiger partial charge < -0.3 is 19.5 Å². The number of rotatable bonds is 6. The van der Waals surface area contributed by atoms with Crippen LogP contribution in [0.3, 0.4) is 0 Å². The first-order valence-corrected chi connectivity index (χ1v) is 12.1. The molecule has 0 amide bonds. The summed E-state index contributed by atoms with van der Waals surface area (Å²) >= 11 is 5.83. The Balaban J connectivity index is 1.61. The normalized spacial score (nSPS) is 17.2. The average molecular weight is 498 g/mol. The van der Waals surface area contributed by atoms with Crippen molar-refractivity contribution in [3.63, 3.8) is 0 Å². The van der Waals surface area contributed by atoms with Crippen LogP contribution in [0.4, 0.5) is 0 Å². The van der Waals surface area contributed by atoms with Gasteiger partial charge in [-0.05, 0) is 80.2 Å². The summed E-state index contributed by atoms with van der Waals surface area (Å²) in [5.41, 5.74) is 6.53. The van der Waals surface area contributed by atoms with Gasteiger partial charge in [0.25, 0.3) is 0 Å². The zero-order valence-corrected chi connectivity index (χ0v) is 21.2. The first-order chi connectivity index (χ1) is 17.5. The molecule has 0 bridgehead atoms. The van der Waals surface area contributed by atoms with Crippen LogP contribution in [0.1, 0.15) is 50.8 Å². The largest absolute Gasteiger partial charge is 0.465 e. The van der Waals surface area contributed by atoms with E-state index in [1.165, 1.54) is 7.11 Å². The van der Waals surface area contributed by atoms with Crippen molar-refractivity contribution in [2.75, 3.05) is 7.11 Å². The molecule has 8 heteroatoms. The highest BCUT2D eigenvalue weighted by Gasteiger charge is 2.41. The minimum atomic E-state index is -0.360.